The van der Waals surface area contributed by atoms with Gasteiger partial charge in [0.2, 0.25) is 0 Å². The molecule has 0 aliphatic heterocycles. The van der Waals surface area contributed by atoms with Gasteiger partial charge in [-0.2, -0.15) is 16.8 Å². The van der Waals surface area contributed by atoms with Gasteiger partial charge in [-0.25, -0.2) is 0 Å². The van der Waals surface area contributed by atoms with Crippen molar-refractivity contribution in [3.63, 3.8) is 0 Å². The van der Waals surface area contributed by atoms with Crippen LogP contribution in [0, 0.1) is 0 Å². The van der Waals surface area contributed by atoms with E-state index in [1.54, 1.807) is 0 Å². The third-order valence-electron chi connectivity index (χ3n) is 2.95. The van der Waals surface area contributed by atoms with Crippen LogP contribution in [0.1, 0.15) is 11.1 Å². The number of hydrogen-bond donors (Lipinski definition) is 2. The Morgan fingerprint density at radius 2 is 1.04 bits per heavy atom. The second kappa shape index (κ2) is 6.83. The van der Waals surface area contributed by atoms with E-state index in [-0.39, 0.29) is 21.2 Å². The van der Waals surface area contributed by atoms with Gasteiger partial charge in [-0.15, -0.1) is 0 Å². The minimum absolute atomic E-state index is 0.0816. The lowest BCUT2D eigenvalue weighted by Crippen LogP contribution is -2.01. The van der Waals surface area contributed by atoms with E-state index < -0.39 is 30.0 Å². The van der Waals surface area contributed by atoms with E-state index in [0.717, 1.165) is 12.1 Å². The SMILES string of the molecule is O=S(=O)(O)c1cc(Cl)ccc1/C=C/c1ccc(Cl)cc1S(=O)(=O)O. The molecule has 0 aliphatic rings. The Bertz CT molecular complexity index is 944. The Balaban J connectivity index is 2.59. The fourth-order valence-electron chi connectivity index (χ4n) is 1.92. The van der Waals surface area contributed by atoms with E-state index in [1.807, 2.05) is 0 Å². The predicted molar refractivity (Wildman–Crippen MR) is 91.5 cm³/mol. The van der Waals surface area contributed by atoms with E-state index >= 15 is 0 Å². The highest BCUT2D eigenvalue weighted by Gasteiger charge is 2.16. The summed E-state index contributed by atoms with van der Waals surface area (Å²) >= 11 is 11.4. The first-order chi connectivity index (χ1) is 11.0. The third-order valence-corrected chi connectivity index (χ3v) is 5.24. The molecule has 128 valence electrons. The van der Waals surface area contributed by atoms with Crippen molar-refractivity contribution in [1.29, 1.82) is 0 Å². The molecular weight excluding hydrogens is 399 g/mol. The fourth-order valence-corrected chi connectivity index (χ4v) is 3.81. The van der Waals surface area contributed by atoms with Gasteiger partial charge in [-0.05, 0) is 35.4 Å². The molecule has 0 fully saturated rings. The normalized spacial score (nSPS) is 12.7. The zero-order valence-corrected chi connectivity index (χ0v) is 14.9. The van der Waals surface area contributed by atoms with E-state index in [2.05, 4.69) is 0 Å². The highest BCUT2D eigenvalue weighted by Crippen LogP contribution is 2.25. The maximum Gasteiger partial charge on any atom is 0.295 e. The Labute approximate surface area is 148 Å². The minimum atomic E-state index is -4.53. The summed E-state index contributed by atoms with van der Waals surface area (Å²) in [5.41, 5.74) is 0.163. The molecule has 0 aliphatic carbocycles. The van der Waals surface area contributed by atoms with Crippen LogP contribution in [0.25, 0.3) is 12.2 Å². The van der Waals surface area contributed by atoms with Crippen molar-refractivity contribution in [2.24, 2.45) is 0 Å². The van der Waals surface area contributed by atoms with Gasteiger partial charge in [-0.3, -0.25) is 9.11 Å². The summed E-state index contributed by atoms with van der Waals surface area (Å²) in [7, 11) is -9.06. The Morgan fingerprint density at radius 3 is 1.33 bits per heavy atom. The van der Waals surface area contributed by atoms with Gasteiger partial charge in [0.15, 0.2) is 0 Å². The van der Waals surface area contributed by atoms with Crippen LogP contribution in [0.15, 0.2) is 46.2 Å². The Kier molecular flexibility index (Phi) is 5.38. The van der Waals surface area contributed by atoms with Crippen LogP contribution in [0.5, 0.6) is 0 Å². The van der Waals surface area contributed by atoms with Crippen molar-refractivity contribution in [2.75, 3.05) is 0 Å². The summed E-state index contributed by atoms with van der Waals surface area (Å²) in [5.74, 6) is 0. The molecule has 10 heteroatoms. The molecule has 0 radical (unpaired) electrons. The standard InChI is InChI=1S/C14H10Cl2O6S2/c15-11-5-3-9(13(7-11)23(17,18)19)1-2-10-4-6-12(16)8-14(10)24(20,21)22/h1-8H,(H,17,18,19)(H,20,21,22)/b2-1+. The van der Waals surface area contributed by atoms with Gasteiger partial charge >= 0.3 is 0 Å². The molecule has 0 heterocycles. The molecule has 0 unspecified atom stereocenters. The second-order valence-corrected chi connectivity index (χ2v) is 8.30. The van der Waals surface area contributed by atoms with Crippen molar-refractivity contribution in [2.45, 2.75) is 9.79 Å². The van der Waals surface area contributed by atoms with Gasteiger partial charge in [0.1, 0.15) is 9.79 Å². The summed E-state index contributed by atoms with van der Waals surface area (Å²) < 4.78 is 64.1. The first-order valence-electron chi connectivity index (χ1n) is 6.20. The monoisotopic (exact) mass is 408 g/mol. The van der Waals surface area contributed by atoms with Crippen molar-refractivity contribution < 1.29 is 25.9 Å². The van der Waals surface area contributed by atoms with Gasteiger partial charge in [0.25, 0.3) is 20.2 Å². The van der Waals surface area contributed by atoms with Crippen molar-refractivity contribution in [3.8, 4) is 0 Å². The van der Waals surface area contributed by atoms with Gasteiger partial charge in [-0.1, -0.05) is 47.5 Å². The number of benzene rings is 2. The third kappa shape index (κ3) is 4.56. The zero-order chi connectivity index (χ0) is 18.1. The smallest absolute Gasteiger partial charge is 0.282 e. The van der Waals surface area contributed by atoms with Crippen LogP contribution in [-0.2, 0) is 20.2 Å². The fraction of sp³-hybridized carbons (Fsp3) is 0. The van der Waals surface area contributed by atoms with Gasteiger partial charge in [0.05, 0.1) is 0 Å². The average Bonchev–Trinajstić information content (AvgIpc) is 2.45. The molecule has 0 saturated heterocycles. The van der Waals surface area contributed by atoms with Crippen molar-refractivity contribution >= 4 is 55.6 Å². The van der Waals surface area contributed by atoms with E-state index in [1.165, 1.54) is 36.4 Å². The van der Waals surface area contributed by atoms with Crippen LogP contribution >= 0.6 is 23.2 Å². The van der Waals surface area contributed by atoms with Crippen LogP contribution in [0.2, 0.25) is 10.0 Å². The second-order valence-electron chi connectivity index (χ2n) is 4.65. The summed E-state index contributed by atoms with van der Waals surface area (Å²) in [6, 6.07) is 7.60. The van der Waals surface area contributed by atoms with Gasteiger partial charge in [0, 0.05) is 10.0 Å². The minimum Gasteiger partial charge on any atom is -0.282 e. The summed E-state index contributed by atoms with van der Waals surface area (Å²) in [4.78, 5) is -0.873. The maximum absolute atomic E-state index is 11.4. The molecule has 0 bridgehead atoms. The van der Waals surface area contributed by atoms with Crippen LogP contribution in [0.4, 0.5) is 0 Å². The topological polar surface area (TPSA) is 109 Å². The lowest BCUT2D eigenvalue weighted by molar-refractivity contribution is 0.480. The van der Waals surface area contributed by atoms with Crippen molar-refractivity contribution in [1.82, 2.24) is 0 Å². The highest BCUT2D eigenvalue weighted by molar-refractivity contribution is 7.86. The summed E-state index contributed by atoms with van der Waals surface area (Å²) in [5, 5.41) is 0.204. The molecule has 6 nitrogen and oxygen atoms in total. The largest absolute Gasteiger partial charge is 0.295 e. The average molecular weight is 409 g/mol. The van der Waals surface area contributed by atoms with Crippen molar-refractivity contribution in [3.05, 3.63) is 57.6 Å². The predicted octanol–water partition coefficient (Wildman–Crippen LogP) is 3.66. The van der Waals surface area contributed by atoms with Gasteiger partial charge < -0.3 is 0 Å². The molecule has 2 aromatic rings. The zero-order valence-electron chi connectivity index (χ0n) is 11.7. The number of halogens is 2. The molecule has 0 atom stereocenters. The van der Waals surface area contributed by atoms with Crippen LogP contribution in [-0.4, -0.2) is 25.9 Å². The Morgan fingerprint density at radius 1 is 0.708 bits per heavy atom. The first-order valence-corrected chi connectivity index (χ1v) is 9.84. The van der Waals surface area contributed by atoms with E-state index in [4.69, 9.17) is 23.2 Å². The first kappa shape index (κ1) is 18.9. The lowest BCUT2D eigenvalue weighted by atomic mass is 10.1. The molecule has 2 rings (SSSR count). The van der Waals surface area contributed by atoms with E-state index in [9.17, 15) is 25.9 Å². The molecule has 0 amide bonds. The molecule has 0 saturated carbocycles. The number of hydrogen-bond acceptors (Lipinski definition) is 4. The summed E-state index contributed by atoms with van der Waals surface area (Å²) in [6.07, 6.45) is 2.52. The summed E-state index contributed by atoms with van der Waals surface area (Å²) in [6.45, 7) is 0. The lowest BCUT2D eigenvalue weighted by Gasteiger charge is -2.05. The molecular formula is C14H10Cl2O6S2. The van der Waals surface area contributed by atoms with Crippen LogP contribution in [0.3, 0.4) is 0 Å². The Hall–Kier alpha value is -1.42. The maximum atomic E-state index is 11.4. The molecule has 24 heavy (non-hydrogen) atoms. The molecule has 0 spiro atoms. The molecule has 0 aromatic heterocycles. The van der Waals surface area contributed by atoms with E-state index in [0.29, 0.717) is 0 Å². The molecule has 2 N–H and O–H groups in total. The highest BCUT2D eigenvalue weighted by atomic mass is 35.5. The quantitative estimate of drug-likeness (QED) is 0.589. The molecule has 2 aromatic carbocycles. The number of rotatable bonds is 4. The van der Waals surface area contributed by atoms with Crippen LogP contribution < -0.4 is 0 Å².